The van der Waals surface area contributed by atoms with E-state index < -0.39 is 0 Å². The smallest absolute Gasteiger partial charge is 0.229 e. The highest BCUT2D eigenvalue weighted by molar-refractivity contribution is 5.29. The van der Waals surface area contributed by atoms with Crippen LogP contribution in [0.15, 0.2) is 66.6 Å². The quantitative estimate of drug-likeness (QED) is 0.676. The number of hydrogen-bond donors (Lipinski definition) is 0. The highest BCUT2D eigenvalue weighted by Crippen LogP contribution is 2.22. The Balaban J connectivity index is 1.42. The van der Waals surface area contributed by atoms with Gasteiger partial charge in [-0.25, -0.2) is 0 Å². The SMILES string of the molecule is CN1CCC(Oc2cccc(CN(CC3=COCO3)Cc3ccccc3)c2)CC1. The molecule has 4 rings (SSSR count). The van der Waals surface area contributed by atoms with Crippen LogP contribution in [0.2, 0.25) is 0 Å². The van der Waals surface area contributed by atoms with Crippen LogP contribution in [-0.4, -0.2) is 49.4 Å². The molecule has 154 valence electrons. The fraction of sp³-hybridized carbons (Fsp3) is 0.417. The van der Waals surface area contributed by atoms with Crippen molar-refractivity contribution < 1.29 is 14.2 Å². The Morgan fingerprint density at radius 3 is 2.48 bits per heavy atom. The predicted molar refractivity (Wildman–Crippen MR) is 113 cm³/mol. The van der Waals surface area contributed by atoms with E-state index in [0.717, 1.165) is 57.1 Å². The van der Waals surface area contributed by atoms with Crippen LogP contribution < -0.4 is 4.74 Å². The fourth-order valence-corrected chi connectivity index (χ4v) is 3.85. The van der Waals surface area contributed by atoms with Crippen LogP contribution in [-0.2, 0) is 22.6 Å². The molecule has 2 aliphatic heterocycles. The first kappa shape index (κ1) is 19.8. The molecule has 0 aliphatic carbocycles. The lowest BCUT2D eigenvalue weighted by Gasteiger charge is -2.29. The van der Waals surface area contributed by atoms with Gasteiger partial charge in [-0.05, 0) is 43.1 Å². The molecule has 0 saturated carbocycles. The number of ether oxygens (including phenoxy) is 3. The van der Waals surface area contributed by atoms with Crippen LogP contribution in [0.25, 0.3) is 0 Å². The van der Waals surface area contributed by atoms with Gasteiger partial charge in [0.2, 0.25) is 6.79 Å². The zero-order valence-corrected chi connectivity index (χ0v) is 17.1. The molecule has 1 saturated heterocycles. The number of benzene rings is 2. The molecular weight excluding hydrogens is 364 g/mol. The van der Waals surface area contributed by atoms with Crippen LogP contribution in [0.5, 0.6) is 5.75 Å². The first-order chi connectivity index (χ1) is 14.2. The van der Waals surface area contributed by atoms with Crippen molar-refractivity contribution in [1.82, 2.24) is 9.80 Å². The fourth-order valence-electron chi connectivity index (χ4n) is 3.85. The average molecular weight is 395 g/mol. The van der Waals surface area contributed by atoms with Gasteiger partial charge in [0.05, 0.1) is 6.54 Å². The highest BCUT2D eigenvalue weighted by Gasteiger charge is 2.18. The van der Waals surface area contributed by atoms with E-state index in [-0.39, 0.29) is 0 Å². The van der Waals surface area contributed by atoms with Gasteiger partial charge in [0, 0.05) is 26.2 Å². The third-order valence-electron chi connectivity index (χ3n) is 5.43. The van der Waals surface area contributed by atoms with E-state index in [1.54, 1.807) is 6.26 Å². The monoisotopic (exact) mass is 394 g/mol. The summed E-state index contributed by atoms with van der Waals surface area (Å²) in [6, 6.07) is 19.0. The Kier molecular flexibility index (Phi) is 6.70. The van der Waals surface area contributed by atoms with E-state index in [4.69, 9.17) is 14.2 Å². The van der Waals surface area contributed by atoms with Gasteiger partial charge in [-0.15, -0.1) is 0 Å². The lowest BCUT2D eigenvalue weighted by atomic mass is 10.1. The maximum atomic E-state index is 6.28. The maximum absolute atomic E-state index is 6.28. The second-order valence-corrected chi connectivity index (χ2v) is 7.91. The largest absolute Gasteiger partial charge is 0.490 e. The van der Waals surface area contributed by atoms with E-state index in [2.05, 4.69) is 65.4 Å². The van der Waals surface area contributed by atoms with E-state index in [1.807, 2.05) is 6.07 Å². The molecule has 0 bridgehead atoms. The van der Waals surface area contributed by atoms with Crippen molar-refractivity contribution in [3.8, 4) is 5.75 Å². The summed E-state index contributed by atoms with van der Waals surface area (Å²) in [5.41, 5.74) is 2.52. The van der Waals surface area contributed by atoms with E-state index >= 15 is 0 Å². The Hall–Kier alpha value is -2.50. The normalized spacial score (nSPS) is 17.7. The second kappa shape index (κ2) is 9.81. The Labute approximate surface area is 173 Å². The first-order valence-electron chi connectivity index (χ1n) is 10.4. The van der Waals surface area contributed by atoms with Gasteiger partial charge in [0.1, 0.15) is 23.9 Å². The number of hydrogen-bond acceptors (Lipinski definition) is 5. The number of piperidine rings is 1. The molecule has 2 aromatic carbocycles. The zero-order valence-electron chi connectivity index (χ0n) is 17.1. The molecule has 0 spiro atoms. The van der Waals surface area contributed by atoms with Gasteiger partial charge in [-0.3, -0.25) is 4.90 Å². The standard InChI is InChI=1S/C24H30N2O3/c1-25-12-10-22(11-13-25)29-23-9-5-8-21(14-23)16-26(17-24-18-27-19-28-24)15-20-6-3-2-4-7-20/h2-9,14,18,22H,10-13,15-17,19H2,1H3. The molecule has 2 aromatic rings. The molecule has 0 atom stereocenters. The van der Waals surface area contributed by atoms with Crippen LogP contribution in [0.3, 0.4) is 0 Å². The molecule has 5 heteroatoms. The van der Waals surface area contributed by atoms with Crippen molar-refractivity contribution in [2.24, 2.45) is 0 Å². The van der Waals surface area contributed by atoms with Crippen molar-refractivity contribution in [2.45, 2.75) is 32.0 Å². The summed E-state index contributed by atoms with van der Waals surface area (Å²) in [5.74, 6) is 1.84. The lowest BCUT2D eigenvalue weighted by molar-refractivity contribution is 0.0713. The van der Waals surface area contributed by atoms with Crippen molar-refractivity contribution in [3.05, 3.63) is 77.7 Å². The summed E-state index contributed by atoms with van der Waals surface area (Å²) in [6.45, 7) is 4.91. The lowest BCUT2D eigenvalue weighted by Crippen LogP contribution is -2.35. The number of likely N-dealkylation sites (tertiary alicyclic amines) is 1. The summed E-state index contributed by atoms with van der Waals surface area (Å²) in [4.78, 5) is 4.73. The molecule has 0 amide bonds. The summed E-state index contributed by atoms with van der Waals surface area (Å²) >= 11 is 0. The summed E-state index contributed by atoms with van der Waals surface area (Å²) in [5, 5.41) is 0. The minimum Gasteiger partial charge on any atom is -0.490 e. The van der Waals surface area contributed by atoms with E-state index in [0.29, 0.717) is 12.9 Å². The Morgan fingerprint density at radius 2 is 1.72 bits per heavy atom. The van der Waals surface area contributed by atoms with Crippen LogP contribution >= 0.6 is 0 Å². The van der Waals surface area contributed by atoms with E-state index in [9.17, 15) is 0 Å². The average Bonchev–Trinajstić information content (AvgIpc) is 3.24. The van der Waals surface area contributed by atoms with Crippen molar-refractivity contribution in [3.63, 3.8) is 0 Å². The second-order valence-electron chi connectivity index (χ2n) is 7.91. The third-order valence-corrected chi connectivity index (χ3v) is 5.43. The zero-order chi connectivity index (χ0) is 19.9. The third kappa shape index (κ3) is 5.99. The Bertz CT molecular complexity index is 801. The molecule has 5 nitrogen and oxygen atoms in total. The number of rotatable bonds is 8. The van der Waals surface area contributed by atoms with Crippen molar-refractivity contribution in [1.29, 1.82) is 0 Å². The molecule has 2 heterocycles. The van der Waals surface area contributed by atoms with E-state index in [1.165, 1.54) is 11.1 Å². The number of nitrogens with zero attached hydrogens (tertiary/aromatic N) is 2. The van der Waals surface area contributed by atoms with Crippen molar-refractivity contribution in [2.75, 3.05) is 33.5 Å². The predicted octanol–water partition coefficient (Wildman–Crippen LogP) is 4.01. The van der Waals surface area contributed by atoms with Gasteiger partial charge in [-0.1, -0.05) is 42.5 Å². The minimum atomic E-state index is 0.314. The minimum absolute atomic E-state index is 0.314. The molecule has 0 unspecified atom stereocenters. The van der Waals surface area contributed by atoms with Crippen LogP contribution in [0.4, 0.5) is 0 Å². The van der Waals surface area contributed by atoms with Gasteiger partial charge in [0.15, 0.2) is 0 Å². The molecule has 29 heavy (non-hydrogen) atoms. The van der Waals surface area contributed by atoms with Gasteiger partial charge >= 0.3 is 0 Å². The van der Waals surface area contributed by atoms with Crippen LogP contribution in [0, 0.1) is 0 Å². The van der Waals surface area contributed by atoms with Gasteiger partial charge in [0.25, 0.3) is 0 Å². The van der Waals surface area contributed by atoms with Gasteiger partial charge < -0.3 is 19.1 Å². The molecule has 0 N–H and O–H groups in total. The first-order valence-corrected chi connectivity index (χ1v) is 10.4. The topological polar surface area (TPSA) is 34.2 Å². The Morgan fingerprint density at radius 1 is 0.966 bits per heavy atom. The maximum Gasteiger partial charge on any atom is 0.229 e. The summed E-state index contributed by atoms with van der Waals surface area (Å²) in [6.07, 6.45) is 4.21. The van der Waals surface area contributed by atoms with Gasteiger partial charge in [-0.2, -0.15) is 0 Å². The van der Waals surface area contributed by atoms with Crippen LogP contribution in [0.1, 0.15) is 24.0 Å². The highest BCUT2D eigenvalue weighted by atomic mass is 16.7. The van der Waals surface area contributed by atoms with Crippen molar-refractivity contribution >= 4 is 0 Å². The summed E-state index contributed by atoms with van der Waals surface area (Å²) in [7, 11) is 2.17. The summed E-state index contributed by atoms with van der Waals surface area (Å²) < 4.78 is 17.1. The molecule has 1 fully saturated rings. The molecule has 0 radical (unpaired) electrons. The molecular formula is C24H30N2O3. The molecule has 2 aliphatic rings. The molecule has 0 aromatic heterocycles.